The van der Waals surface area contributed by atoms with Crippen LogP contribution in [0.5, 0.6) is 0 Å². The number of benzene rings is 2. The van der Waals surface area contributed by atoms with Gasteiger partial charge in [0.2, 0.25) is 0 Å². The largest absolute Gasteiger partial charge is 0.465 e. The number of ether oxygens (including phenoxy) is 1. The monoisotopic (exact) mass is 378 g/mol. The van der Waals surface area contributed by atoms with Crippen molar-refractivity contribution in [2.45, 2.75) is 13.0 Å². The van der Waals surface area contributed by atoms with Crippen molar-refractivity contribution in [1.29, 1.82) is 0 Å². The molecule has 0 unspecified atom stereocenters. The van der Waals surface area contributed by atoms with Gasteiger partial charge in [0.1, 0.15) is 0 Å². The fourth-order valence-corrected chi connectivity index (χ4v) is 3.05. The van der Waals surface area contributed by atoms with E-state index in [-0.39, 0.29) is 12.0 Å². The first kappa shape index (κ1) is 17.6. The lowest BCUT2D eigenvalue weighted by Crippen LogP contribution is -2.38. The van der Waals surface area contributed by atoms with E-state index in [0.717, 1.165) is 11.1 Å². The molecular formula is C18H16Cl2N2O3. The highest BCUT2D eigenvalue weighted by Crippen LogP contribution is 2.26. The van der Waals surface area contributed by atoms with Gasteiger partial charge < -0.3 is 15.0 Å². The normalized spacial score (nSPS) is 13.2. The number of rotatable bonds is 2. The van der Waals surface area contributed by atoms with Gasteiger partial charge in [-0.05, 0) is 47.9 Å². The molecule has 1 aliphatic rings. The number of nitrogens with zero attached hydrogens (tertiary/aromatic N) is 1. The van der Waals surface area contributed by atoms with Crippen molar-refractivity contribution < 1.29 is 14.3 Å². The van der Waals surface area contributed by atoms with Crippen LogP contribution in [0, 0.1) is 0 Å². The molecule has 0 saturated carbocycles. The van der Waals surface area contributed by atoms with Crippen LogP contribution in [0.3, 0.4) is 0 Å². The maximum Gasteiger partial charge on any atom is 0.337 e. The van der Waals surface area contributed by atoms with Crippen molar-refractivity contribution >= 4 is 40.9 Å². The predicted octanol–water partition coefficient (Wildman–Crippen LogP) is 4.37. The predicted molar refractivity (Wildman–Crippen MR) is 97.4 cm³/mol. The summed E-state index contributed by atoms with van der Waals surface area (Å²) in [6.45, 7) is 1.04. The summed E-state index contributed by atoms with van der Waals surface area (Å²) in [5, 5.41) is 3.64. The Morgan fingerprint density at radius 2 is 1.88 bits per heavy atom. The first-order chi connectivity index (χ1) is 12.0. The van der Waals surface area contributed by atoms with Crippen LogP contribution < -0.4 is 5.32 Å². The van der Waals surface area contributed by atoms with Crippen LogP contribution in [0.25, 0.3) is 0 Å². The zero-order chi connectivity index (χ0) is 18.0. The third-order valence-electron chi connectivity index (χ3n) is 4.10. The number of hydrogen-bond donors (Lipinski definition) is 1. The minimum absolute atomic E-state index is 0.207. The number of fused-ring (bicyclic) bond motifs is 1. The van der Waals surface area contributed by atoms with E-state index in [1.165, 1.54) is 7.11 Å². The summed E-state index contributed by atoms with van der Waals surface area (Å²) < 4.78 is 4.74. The van der Waals surface area contributed by atoms with E-state index >= 15 is 0 Å². The minimum Gasteiger partial charge on any atom is -0.465 e. The van der Waals surface area contributed by atoms with E-state index < -0.39 is 0 Å². The van der Waals surface area contributed by atoms with E-state index in [2.05, 4.69) is 5.32 Å². The number of halogens is 2. The van der Waals surface area contributed by atoms with Gasteiger partial charge in [-0.3, -0.25) is 0 Å². The fraction of sp³-hybridized carbons (Fsp3) is 0.222. The van der Waals surface area contributed by atoms with Gasteiger partial charge in [0.05, 0.1) is 22.7 Å². The summed E-state index contributed by atoms with van der Waals surface area (Å²) in [6.07, 6.45) is 0.676. The van der Waals surface area contributed by atoms with Gasteiger partial charge in [0, 0.05) is 18.8 Å². The molecule has 5 nitrogen and oxygen atoms in total. The van der Waals surface area contributed by atoms with Gasteiger partial charge >= 0.3 is 12.0 Å². The molecule has 2 amide bonds. The number of carbonyl (C=O) groups excluding carboxylic acids is 2. The smallest absolute Gasteiger partial charge is 0.337 e. The van der Waals surface area contributed by atoms with Gasteiger partial charge in [-0.1, -0.05) is 29.3 Å². The zero-order valence-electron chi connectivity index (χ0n) is 13.5. The van der Waals surface area contributed by atoms with Crippen molar-refractivity contribution in [2.75, 3.05) is 19.0 Å². The highest BCUT2D eigenvalue weighted by molar-refractivity contribution is 6.42. The fourth-order valence-electron chi connectivity index (χ4n) is 2.75. The van der Waals surface area contributed by atoms with E-state index in [4.69, 9.17) is 27.9 Å². The lowest BCUT2D eigenvalue weighted by molar-refractivity contribution is 0.0600. The highest BCUT2D eigenvalue weighted by Gasteiger charge is 2.22. The van der Waals surface area contributed by atoms with Crippen molar-refractivity contribution in [3.63, 3.8) is 0 Å². The Bertz CT molecular complexity index is 839. The molecule has 2 aromatic rings. The summed E-state index contributed by atoms with van der Waals surface area (Å²) in [7, 11) is 1.36. The topological polar surface area (TPSA) is 58.6 Å². The molecule has 0 aliphatic carbocycles. The number of esters is 1. The average Bonchev–Trinajstić information content (AvgIpc) is 2.63. The first-order valence-electron chi connectivity index (χ1n) is 7.69. The number of methoxy groups -OCH3 is 1. The Balaban J connectivity index is 1.70. The Morgan fingerprint density at radius 1 is 1.08 bits per heavy atom. The summed E-state index contributed by atoms with van der Waals surface area (Å²) in [6, 6.07) is 10.1. The lowest BCUT2D eigenvalue weighted by atomic mass is 9.97. The second kappa shape index (κ2) is 7.33. The standard InChI is InChI=1S/C18H16Cl2N2O3/c1-25-17(23)12-2-3-13-10-22(7-6-11(13)8-12)18(24)21-14-4-5-15(19)16(20)9-14/h2-5,8-9H,6-7,10H2,1H3,(H,21,24). The molecule has 3 rings (SSSR count). The Labute approximate surface area is 155 Å². The Kier molecular flexibility index (Phi) is 5.16. The second-order valence-corrected chi connectivity index (χ2v) is 6.52. The number of nitrogens with one attached hydrogen (secondary N) is 1. The Morgan fingerprint density at radius 3 is 2.60 bits per heavy atom. The van der Waals surface area contributed by atoms with E-state index in [0.29, 0.717) is 40.8 Å². The van der Waals surface area contributed by atoms with E-state index in [9.17, 15) is 9.59 Å². The lowest BCUT2D eigenvalue weighted by Gasteiger charge is -2.29. The van der Waals surface area contributed by atoms with Crippen LogP contribution in [-0.4, -0.2) is 30.6 Å². The van der Waals surface area contributed by atoms with Crippen molar-refractivity contribution in [3.05, 3.63) is 63.1 Å². The first-order valence-corrected chi connectivity index (χ1v) is 8.44. The van der Waals surface area contributed by atoms with Crippen LogP contribution in [0.1, 0.15) is 21.5 Å². The zero-order valence-corrected chi connectivity index (χ0v) is 15.0. The van der Waals surface area contributed by atoms with Crippen LogP contribution in [-0.2, 0) is 17.7 Å². The van der Waals surface area contributed by atoms with Crippen molar-refractivity contribution in [2.24, 2.45) is 0 Å². The molecule has 0 saturated heterocycles. The molecule has 1 aliphatic heterocycles. The van der Waals surface area contributed by atoms with Gasteiger partial charge in [-0.2, -0.15) is 0 Å². The summed E-state index contributed by atoms with van der Waals surface area (Å²) in [5.74, 6) is -0.359. The molecule has 25 heavy (non-hydrogen) atoms. The molecule has 2 aromatic carbocycles. The molecule has 0 atom stereocenters. The molecule has 1 N–H and O–H groups in total. The SMILES string of the molecule is COC(=O)c1ccc2c(c1)CCN(C(=O)Nc1ccc(Cl)c(Cl)c1)C2. The number of anilines is 1. The van der Waals surface area contributed by atoms with E-state index in [1.54, 1.807) is 29.2 Å². The number of urea groups is 1. The molecule has 0 aromatic heterocycles. The maximum absolute atomic E-state index is 12.5. The van der Waals surface area contributed by atoms with Crippen molar-refractivity contribution in [1.82, 2.24) is 4.90 Å². The van der Waals surface area contributed by atoms with Gasteiger partial charge in [0.25, 0.3) is 0 Å². The number of hydrogen-bond acceptors (Lipinski definition) is 3. The maximum atomic E-state index is 12.5. The number of carbonyl (C=O) groups is 2. The summed E-state index contributed by atoms with van der Waals surface area (Å²) >= 11 is 11.8. The molecule has 7 heteroatoms. The summed E-state index contributed by atoms with van der Waals surface area (Å²) in [5.41, 5.74) is 3.19. The third-order valence-corrected chi connectivity index (χ3v) is 4.84. The van der Waals surface area contributed by atoms with Crippen molar-refractivity contribution in [3.8, 4) is 0 Å². The molecule has 130 valence electrons. The Hall–Kier alpha value is -2.24. The summed E-state index contributed by atoms with van der Waals surface area (Å²) in [4.78, 5) is 25.8. The van der Waals surface area contributed by atoms with E-state index in [1.807, 2.05) is 12.1 Å². The third kappa shape index (κ3) is 3.89. The highest BCUT2D eigenvalue weighted by atomic mass is 35.5. The minimum atomic E-state index is -0.359. The van der Waals surface area contributed by atoms with Crippen LogP contribution in [0.4, 0.5) is 10.5 Å². The average molecular weight is 379 g/mol. The van der Waals surface area contributed by atoms with Gasteiger partial charge in [-0.15, -0.1) is 0 Å². The van der Waals surface area contributed by atoms with Gasteiger partial charge in [0.15, 0.2) is 0 Å². The molecule has 0 fully saturated rings. The molecule has 0 radical (unpaired) electrons. The number of amides is 2. The molecule has 0 bridgehead atoms. The van der Waals surface area contributed by atoms with Crippen LogP contribution in [0.15, 0.2) is 36.4 Å². The van der Waals surface area contributed by atoms with Gasteiger partial charge in [-0.25, -0.2) is 9.59 Å². The van der Waals surface area contributed by atoms with Crippen LogP contribution >= 0.6 is 23.2 Å². The second-order valence-electron chi connectivity index (χ2n) is 5.71. The molecule has 1 heterocycles. The quantitative estimate of drug-likeness (QED) is 0.789. The van der Waals surface area contributed by atoms with Crippen LogP contribution in [0.2, 0.25) is 10.0 Å². The molecule has 0 spiro atoms. The molecular weight excluding hydrogens is 363 g/mol.